The lowest BCUT2D eigenvalue weighted by Crippen LogP contribution is -2.29. The molecule has 0 saturated heterocycles. The SMILES string of the molecule is N#Cc1ccccc1N=Nc1c(-c2ccccc2)[nH]n(C(N)=S)c1=O. The van der Waals surface area contributed by atoms with Crippen molar-refractivity contribution in [3.8, 4) is 17.3 Å². The van der Waals surface area contributed by atoms with E-state index < -0.39 is 5.56 Å². The standard InChI is InChI=1S/C17H12N6OS/c18-10-12-8-4-5-9-13(12)20-21-15-14(11-6-2-1-3-7-11)22-23(16(15)24)17(19)25/h1-9,22H,(H2,19,25). The van der Waals surface area contributed by atoms with Crippen LogP contribution in [0.25, 0.3) is 11.3 Å². The third kappa shape index (κ3) is 3.22. The Kier molecular flexibility index (Phi) is 4.50. The molecule has 0 aliphatic rings. The van der Waals surface area contributed by atoms with Crippen LogP contribution in [0.15, 0.2) is 69.6 Å². The fraction of sp³-hybridized carbons (Fsp3) is 0. The molecule has 0 amide bonds. The van der Waals surface area contributed by atoms with Gasteiger partial charge in [0.1, 0.15) is 11.8 Å². The maximum Gasteiger partial charge on any atom is 0.301 e. The highest BCUT2D eigenvalue weighted by atomic mass is 32.1. The van der Waals surface area contributed by atoms with Crippen molar-refractivity contribution < 1.29 is 0 Å². The highest BCUT2D eigenvalue weighted by molar-refractivity contribution is 7.80. The van der Waals surface area contributed by atoms with Gasteiger partial charge in [-0.05, 0) is 24.4 Å². The number of nitrogens with one attached hydrogen (secondary N) is 1. The third-order valence-corrected chi connectivity index (χ3v) is 3.61. The maximum atomic E-state index is 12.5. The monoisotopic (exact) mass is 348 g/mol. The third-order valence-electron chi connectivity index (χ3n) is 3.43. The van der Waals surface area contributed by atoms with E-state index in [2.05, 4.69) is 15.3 Å². The van der Waals surface area contributed by atoms with Crippen LogP contribution in [0.2, 0.25) is 0 Å². The van der Waals surface area contributed by atoms with Gasteiger partial charge in [0, 0.05) is 5.56 Å². The van der Waals surface area contributed by atoms with Gasteiger partial charge in [0.15, 0.2) is 10.8 Å². The van der Waals surface area contributed by atoms with Crippen LogP contribution >= 0.6 is 12.2 Å². The van der Waals surface area contributed by atoms with Crippen molar-refractivity contribution in [1.82, 2.24) is 9.78 Å². The van der Waals surface area contributed by atoms with Gasteiger partial charge in [-0.3, -0.25) is 9.89 Å². The minimum atomic E-state index is -0.510. The molecular weight excluding hydrogens is 336 g/mol. The van der Waals surface area contributed by atoms with E-state index in [1.807, 2.05) is 36.4 Å². The Morgan fingerprint density at radius 2 is 1.80 bits per heavy atom. The number of nitrogens with zero attached hydrogens (tertiary/aromatic N) is 4. The van der Waals surface area contributed by atoms with Crippen molar-refractivity contribution >= 4 is 28.7 Å². The summed E-state index contributed by atoms with van der Waals surface area (Å²) in [6.07, 6.45) is 0. The van der Waals surface area contributed by atoms with Crippen LogP contribution in [-0.4, -0.2) is 14.9 Å². The fourth-order valence-corrected chi connectivity index (χ4v) is 2.37. The molecule has 122 valence electrons. The van der Waals surface area contributed by atoms with Crippen molar-refractivity contribution in [2.75, 3.05) is 0 Å². The van der Waals surface area contributed by atoms with E-state index in [0.717, 1.165) is 10.2 Å². The number of azo groups is 1. The number of hydrogen-bond donors (Lipinski definition) is 2. The molecular formula is C17H12N6OS. The normalized spacial score (nSPS) is 10.7. The van der Waals surface area contributed by atoms with Crippen LogP contribution in [0.4, 0.5) is 11.4 Å². The van der Waals surface area contributed by atoms with Gasteiger partial charge in [-0.25, -0.2) is 0 Å². The van der Waals surface area contributed by atoms with Gasteiger partial charge in [0.2, 0.25) is 0 Å². The summed E-state index contributed by atoms with van der Waals surface area (Å²) in [4.78, 5) is 12.5. The second-order valence-electron chi connectivity index (χ2n) is 5.01. The zero-order valence-corrected chi connectivity index (χ0v) is 13.7. The summed E-state index contributed by atoms with van der Waals surface area (Å²) in [5, 5.41) is 20.0. The number of benzene rings is 2. The Morgan fingerprint density at radius 1 is 1.12 bits per heavy atom. The molecule has 0 spiro atoms. The van der Waals surface area contributed by atoms with E-state index in [1.165, 1.54) is 0 Å². The van der Waals surface area contributed by atoms with Gasteiger partial charge in [0.05, 0.1) is 11.3 Å². The Balaban J connectivity index is 2.15. The highest BCUT2D eigenvalue weighted by Crippen LogP contribution is 2.27. The fourth-order valence-electron chi connectivity index (χ4n) is 2.24. The number of aromatic nitrogens is 2. The molecule has 3 rings (SSSR count). The van der Waals surface area contributed by atoms with Crippen molar-refractivity contribution in [2.24, 2.45) is 16.0 Å². The Morgan fingerprint density at radius 3 is 2.48 bits per heavy atom. The van der Waals surface area contributed by atoms with Crippen LogP contribution in [-0.2, 0) is 0 Å². The molecule has 0 radical (unpaired) electrons. The minimum Gasteiger partial charge on any atom is -0.374 e. The topological polar surface area (TPSA) is 112 Å². The number of H-pyrrole nitrogens is 1. The van der Waals surface area contributed by atoms with E-state index in [4.69, 9.17) is 23.2 Å². The first kappa shape index (κ1) is 16.3. The summed E-state index contributed by atoms with van der Waals surface area (Å²) in [6, 6.07) is 17.9. The average Bonchev–Trinajstić information content (AvgIpc) is 2.97. The summed E-state index contributed by atoms with van der Waals surface area (Å²) in [6.45, 7) is 0. The average molecular weight is 348 g/mol. The van der Waals surface area contributed by atoms with Gasteiger partial charge >= 0.3 is 5.56 Å². The van der Waals surface area contributed by atoms with Crippen molar-refractivity contribution in [3.05, 3.63) is 70.5 Å². The molecule has 3 N–H and O–H groups in total. The summed E-state index contributed by atoms with van der Waals surface area (Å²) in [7, 11) is 0. The molecule has 1 aromatic heterocycles. The molecule has 0 aliphatic heterocycles. The molecule has 2 aromatic carbocycles. The first-order valence-corrected chi connectivity index (χ1v) is 7.63. The van der Waals surface area contributed by atoms with Crippen molar-refractivity contribution in [1.29, 1.82) is 5.26 Å². The molecule has 0 bridgehead atoms. The maximum absolute atomic E-state index is 12.5. The van der Waals surface area contributed by atoms with E-state index in [9.17, 15) is 4.79 Å². The van der Waals surface area contributed by atoms with E-state index >= 15 is 0 Å². The molecule has 8 heteroatoms. The number of rotatable bonds is 3. The molecule has 0 fully saturated rings. The molecule has 0 aliphatic carbocycles. The predicted octanol–water partition coefficient (Wildman–Crippen LogP) is 3.22. The van der Waals surface area contributed by atoms with E-state index in [-0.39, 0.29) is 10.8 Å². The van der Waals surface area contributed by atoms with E-state index in [0.29, 0.717) is 16.9 Å². The number of hydrogen-bond acceptors (Lipinski definition) is 5. The highest BCUT2D eigenvalue weighted by Gasteiger charge is 2.17. The lowest BCUT2D eigenvalue weighted by Gasteiger charge is -1.99. The minimum absolute atomic E-state index is 0.0618. The summed E-state index contributed by atoms with van der Waals surface area (Å²) >= 11 is 4.88. The summed E-state index contributed by atoms with van der Waals surface area (Å²) in [5.41, 5.74) is 7.03. The molecule has 0 saturated carbocycles. The lowest BCUT2D eigenvalue weighted by atomic mass is 10.1. The predicted molar refractivity (Wildman–Crippen MR) is 98.0 cm³/mol. The second-order valence-corrected chi connectivity index (χ2v) is 5.43. The summed E-state index contributed by atoms with van der Waals surface area (Å²) in [5.74, 6) is 0. The zero-order chi connectivity index (χ0) is 17.8. The Hall–Kier alpha value is -3.57. The first-order valence-electron chi connectivity index (χ1n) is 7.23. The molecule has 0 unspecified atom stereocenters. The smallest absolute Gasteiger partial charge is 0.301 e. The van der Waals surface area contributed by atoms with Crippen LogP contribution in [0.3, 0.4) is 0 Å². The Bertz CT molecular complexity index is 1060. The van der Waals surface area contributed by atoms with Crippen LogP contribution in [0, 0.1) is 11.3 Å². The number of thiocarbonyl (C=S) groups is 1. The molecule has 3 aromatic rings. The van der Waals surface area contributed by atoms with Gasteiger partial charge in [0.25, 0.3) is 0 Å². The second kappa shape index (κ2) is 6.90. The van der Waals surface area contributed by atoms with Gasteiger partial charge in [-0.1, -0.05) is 42.5 Å². The number of nitriles is 1. The van der Waals surface area contributed by atoms with Crippen LogP contribution < -0.4 is 11.3 Å². The van der Waals surface area contributed by atoms with E-state index in [1.54, 1.807) is 24.3 Å². The van der Waals surface area contributed by atoms with Crippen LogP contribution in [0.1, 0.15) is 5.56 Å². The van der Waals surface area contributed by atoms with Gasteiger partial charge in [-0.15, -0.1) is 10.2 Å². The number of aromatic amines is 1. The zero-order valence-electron chi connectivity index (χ0n) is 12.9. The summed E-state index contributed by atoms with van der Waals surface area (Å²) < 4.78 is 1.03. The first-order chi connectivity index (χ1) is 12.1. The largest absolute Gasteiger partial charge is 0.374 e. The van der Waals surface area contributed by atoms with Gasteiger partial charge in [-0.2, -0.15) is 9.94 Å². The molecule has 7 nitrogen and oxygen atoms in total. The van der Waals surface area contributed by atoms with Crippen LogP contribution in [0.5, 0.6) is 0 Å². The van der Waals surface area contributed by atoms with Crippen molar-refractivity contribution in [2.45, 2.75) is 0 Å². The van der Waals surface area contributed by atoms with Crippen molar-refractivity contribution in [3.63, 3.8) is 0 Å². The number of nitrogens with two attached hydrogens (primary N) is 1. The molecule has 25 heavy (non-hydrogen) atoms. The van der Waals surface area contributed by atoms with Gasteiger partial charge < -0.3 is 5.73 Å². The molecule has 0 atom stereocenters. The quantitative estimate of drug-likeness (QED) is 0.559. The molecule has 1 heterocycles. The lowest BCUT2D eigenvalue weighted by molar-refractivity contribution is 0.910. The Labute approximate surface area is 148 Å².